The van der Waals surface area contributed by atoms with E-state index < -0.39 is 12.0 Å². The summed E-state index contributed by atoms with van der Waals surface area (Å²) < 4.78 is 0.754. The van der Waals surface area contributed by atoms with Crippen molar-refractivity contribution in [1.29, 1.82) is 0 Å². The lowest BCUT2D eigenvalue weighted by atomic mass is 10.0. The average Bonchev–Trinajstić information content (AvgIpc) is 2.25. The van der Waals surface area contributed by atoms with Crippen molar-refractivity contribution in [3.63, 3.8) is 0 Å². The maximum atomic E-state index is 11.7. The Kier molecular flexibility index (Phi) is 5.38. The molecule has 1 atom stereocenters. The fourth-order valence-electron chi connectivity index (χ4n) is 1.97. The number of benzene rings is 1. The van der Waals surface area contributed by atoms with E-state index in [1.165, 1.54) is 11.8 Å². The molecule has 0 aliphatic carbocycles. The summed E-state index contributed by atoms with van der Waals surface area (Å²) in [6.45, 7) is 4.89. The Bertz CT molecular complexity index is 505. The van der Waals surface area contributed by atoms with E-state index in [1.54, 1.807) is 32.0 Å². The van der Waals surface area contributed by atoms with Gasteiger partial charge in [-0.25, -0.2) is 4.79 Å². The third kappa shape index (κ3) is 3.70. The van der Waals surface area contributed by atoms with Gasteiger partial charge >= 0.3 is 5.97 Å². The maximum absolute atomic E-state index is 11.7. The highest BCUT2D eigenvalue weighted by molar-refractivity contribution is 9.10. The molecule has 0 spiro atoms. The molecule has 0 aromatic heterocycles. The van der Waals surface area contributed by atoms with Gasteiger partial charge in [0.05, 0.1) is 0 Å². The number of nitrogens with zero attached hydrogens (tertiary/aromatic N) is 1. The molecule has 6 heteroatoms. The van der Waals surface area contributed by atoms with E-state index in [0.717, 1.165) is 4.47 Å². The zero-order chi connectivity index (χ0) is 14.7. The number of hydrogen-bond donors (Lipinski definition) is 1. The molecule has 0 heterocycles. The number of carboxylic acid groups (broad SMARTS) is 1. The summed E-state index contributed by atoms with van der Waals surface area (Å²) in [6.07, 6.45) is 0. The summed E-state index contributed by atoms with van der Waals surface area (Å²) >= 11 is 9.36. The molecular formula is C13H15BrClNO3. The number of hydrogen-bond acceptors (Lipinski definition) is 2. The first-order valence-corrected chi connectivity index (χ1v) is 6.89. The van der Waals surface area contributed by atoms with E-state index in [2.05, 4.69) is 15.9 Å². The molecule has 1 rings (SSSR count). The lowest BCUT2D eigenvalue weighted by molar-refractivity contribution is -0.151. The Morgan fingerprint density at radius 1 is 1.37 bits per heavy atom. The zero-order valence-corrected chi connectivity index (χ0v) is 13.2. The molecule has 19 heavy (non-hydrogen) atoms. The zero-order valence-electron chi connectivity index (χ0n) is 10.9. The van der Waals surface area contributed by atoms with Crippen molar-refractivity contribution in [3.8, 4) is 0 Å². The van der Waals surface area contributed by atoms with Crippen molar-refractivity contribution in [2.24, 2.45) is 0 Å². The SMILES string of the molecule is CC(=O)N(C(C)C)C(C(=O)O)c1ccc(Br)cc1Cl. The molecule has 0 bridgehead atoms. The van der Waals surface area contributed by atoms with Gasteiger partial charge in [-0.2, -0.15) is 0 Å². The van der Waals surface area contributed by atoms with Crippen LogP contribution in [0, 0.1) is 0 Å². The lowest BCUT2D eigenvalue weighted by Crippen LogP contribution is -2.42. The molecule has 1 aromatic carbocycles. The predicted molar refractivity (Wildman–Crippen MR) is 77.2 cm³/mol. The van der Waals surface area contributed by atoms with Crippen molar-refractivity contribution in [2.75, 3.05) is 0 Å². The van der Waals surface area contributed by atoms with Gasteiger partial charge < -0.3 is 10.0 Å². The minimum atomic E-state index is -1.10. The normalized spacial score (nSPS) is 12.3. The second kappa shape index (κ2) is 6.39. The number of carbonyl (C=O) groups is 2. The van der Waals surface area contributed by atoms with Crippen LogP contribution in [0.25, 0.3) is 0 Å². The molecule has 0 saturated carbocycles. The second-order valence-corrected chi connectivity index (χ2v) is 5.75. The highest BCUT2D eigenvalue weighted by atomic mass is 79.9. The molecule has 4 nitrogen and oxygen atoms in total. The van der Waals surface area contributed by atoms with Crippen LogP contribution >= 0.6 is 27.5 Å². The number of halogens is 2. The lowest BCUT2D eigenvalue weighted by Gasteiger charge is -2.32. The minimum Gasteiger partial charge on any atom is -0.479 e. The Labute approximate surface area is 125 Å². The average molecular weight is 349 g/mol. The molecule has 104 valence electrons. The first-order valence-electron chi connectivity index (χ1n) is 5.72. The van der Waals surface area contributed by atoms with Gasteiger partial charge in [0.15, 0.2) is 6.04 Å². The molecule has 1 aromatic rings. The fraction of sp³-hybridized carbons (Fsp3) is 0.385. The van der Waals surface area contributed by atoms with Gasteiger partial charge in [0.25, 0.3) is 0 Å². The van der Waals surface area contributed by atoms with Crippen LogP contribution in [0.4, 0.5) is 0 Å². The van der Waals surface area contributed by atoms with Gasteiger partial charge in [-0.15, -0.1) is 0 Å². The van der Waals surface area contributed by atoms with Crippen molar-refractivity contribution in [3.05, 3.63) is 33.3 Å². The molecule has 0 saturated heterocycles. The fourth-order valence-corrected chi connectivity index (χ4v) is 2.75. The Balaban J connectivity index is 3.34. The summed E-state index contributed by atoms with van der Waals surface area (Å²) in [5, 5.41) is 9.74. The van der Waals surface area contributed by atoms with Gasteiger partial charge in [0.1, 0.15) is 0 Å². The Morgan fingerprint density at radius 3 is 2.32 bits per heavy atom. The molecular weight excluding hydrogens is 334 g/mol. The summed E-state index contributed by atoms with van der Waals surface area (Å²) in [5.41, 5.74) is 0.404. The third-order valence-electron chi connectivity index (χ3n) is 2.69. The van der Waals surface area contributed by atoms with E-state index >= 15 is 0 Å². The maximum Gasteiger partial charge on any atom is 0.331 e. The molecule has 0 radical (unpaired) electrons. The summed E-state index contributed by atoms with van der Waals surface area (Å²) in [6, 6.07) is 3.61. The van der Waals surface area contributed by atoms with E-state index in [-0.39, 0.29) is 11.9 Å². The molecule has 0 aliphatic heterocycles. The predicted octanol–water partition coefficient (Wildman–Crippen LogP) is 3.49. The van der Waals surface area contributed by atoms with E-state index in [1.807, 2.05) is 0 Å². The molecule has 0 aliphatic rings. The van der Waals surface area contributed by atoms with Gasteiger partial charge in [-0.05, 0) is 26.0 Å². The Morgan fingerprint density at radius 2 is 1.95 bits per heavy atom. The standard InChI is InChI=1S/C13H15BrClNO3/c1-7(2)16(8(3)17)12(13(18)19)10-5-4-9(14)6-11(10)15/h4-7,12H,1-3H3,(H,18,19). The largest absolute Gasteiger partial charge is 0.479 e. The van der Waals surface area contributed by atoms with E-state index in [4.69, 9.17) is 11.6 Å². The van der Waals surface area contributed by atoms with E-state index in [0.29, 0.717) is 10.6 Å². The number of amides is 1. The van der Waals surface area contributed by atoms with Crippen molar-refractivity contribution in [2.45, 2.75) is 32.9 Å². The summed E-state index contributed by atoms with van der Waals surface area (Å²) in [7, 11) is 0. The second-order valence-electron chi connectivity index (χ2n) is 4.43. The molecule has 0 fully saturated rings. The van der Waals surface area contributed by atoms with Gasteiger partial charge in [-0.1, -0.05) is 33.6 Å². The first kappa shape index (κ1) is 16.0. The van der Waals surface area contributed by atoms with E-state index in [9.17, 15) is 14.7 Å². The van der Waals surface area contributed by atoms with Crippen molar-refractivity contribution < 1.29 is 14.7 Å². The number of aliphatic carboxylic acids is 1. The Hall–Kier alpha value is -1.07. The topological polar surface area (TPSA) is 57.6 Å². The number of carbonyl (C=O) groups excluding carboxylic acids is 1. The molecule has 1 amide bonds. The van der Waals surface area contributed by atoms with Gasteiger partial charge in [0.2, 0.25) is 5.91 Å². The van der Waals surface area contributed by atoms with Crippen LogP contribution in [0.15, 0.2) is 22.7 Å². The third-order valence-corrected chi connectivity index (χ3v) is 3.51. The van der Waals surface area contributed by atoms with Gasteiger partial charge in [-0.3, -0.25) is 4.79 Å². The van der Waals surface area contributed by atoms with Gasteiger partial charge in [0, 0.05) is 28.0 Å². The quantitative estimate of drug-likeness (QED) is 0.906. The van der Waals surface area contributed by atoms with Crippen molar-refractivity contribution >= 4 is 39.4 Å². The molecule has 1 N–H and O–H groups in total. The molecule has 1 unspecified atom stereocenters. The number of rotatable bonds is 4. The van der Waals surface area contributed by atoms with Crippen LogP contribution in [0.5, 0.6) is 0 Å². The van der Waals surface area contributed by atoms with Crippen molar-refractivity contribution in [1.82, 2.24) is 4.90 Å². The van der Waals surface area contributed by atoms with Crippen LogP contribution in [-0.4, -0.2) is 27.9 Å². The summed E-state index contributed by atoms with van der Waals surface area (Å²) in [5.74, 6) is -1.41. The number of carboxylic acids is 1. The highest BCUT2D eigenvalue weighted by Gasteiger charge is 2.32. The van der Waals surface area contributed by atoms with Crippen LogP contribution in [-0.2, 0) is 9.59 Å². The highest BCUT2D eigenvalue weighted by Crippen LogP contribution is 2.31. The van der Waals surface area contributed by atoms with Crippen LogP contribution in [0.2, 0.25) is 5.02 Å². The summed E-state index contributed by atoms with van der Waals surface area (Å²) in [4.78, 5) is 24.5. The minimum absolute atomic E-state index is 0.238. The van der Waals surface area contributed by atoms with Crippen LogP contribution in [0.3, 0.4) is 0 Å². The first-order chi connectivity index (χ1) is 8.75. The van der Waals surface area contributed by atoms with Crippen LogP contribution in [0.1, 0.15) is 32.4 Å². The monoisotopic (exact) mass is 347 g/mol. The smallest absolute Gasteiger partial charge is 0.331 e. The van der Waals surface area contributed by atoms with Crippen LogP contribution < -0.4 is 0 Å².